The molecule has 1 amide bonds. The van der Waals surface area contributed by atoms with Gasteiger partial charge in [0.2, 0.25) is 5.91 Å². The van der Waals surface area contributed by atoms with E-state index in [9.17, 15) is 13.2 Å². The third-order valence-corrected chi connectivity index (χ3v) is 6.40. The van der Waals surface area contributed by atoms with Gasteiger partial charge in [-0.05, 0) is 38.1 Å². The summed E-state index contributed by atoms with van der Waals surface area (Å²) in [7, 11) is -2.99. The number of aryl methyl sites for hydroxylation is 1. The van der Waals surface area contributed by atoms with E-state index in [-0.39, 0.29) is 36.9 Å². The van der Waals surface area contributed by atoms with E-state index in [2.05, 4.69) is 5.10 Å². The van der Waals surface area contributed by atoms with Crippen LogP contribution in [0.2, 0.25) is 5.02 Å². The summed E-state index contributed by atoms with van der Waals surface area (Å²) >= 11 is 5.93. The lowest BCUT2D eigenvalue weighted by Gasteiger charge is -2.26. The molecule has 0 saturated carbocycles. The van der Waals surface area contributed by atoms with Gasteiger partial charge in [-0.15, -0.1) is 0 Å². The molecule has 1 aliphatic rings. The Labute approximate surface area is 152 Å². The number of amides is 1. The van der Waals surface area contributed by atoms with Crippen LogP contribution in [-0.4, -0.2) is 53.6 Å². The summed E-state index contributed by atoms with van der Waals surface area (Å²) in [5.74, 6) is 0.0262. The molecule has 0 bridgehead atoms. The van der Waals surface area contributed by atoms with Gasteiger partial charge in [0.05, 0.1) is 29.3 Å². The zero-order valence-corrected chi connectivity index (χ0v) is 15.8. The maximum absolute atomic E-state index is 12.6. The molecule has 1 aromatic carbocycles. The molecule has 3 rings (SSSR count). The van der Waals surface area contributed by atoms with Crippen molar-refractivity contribution in [3.8, 4) is 5.69 Å². The highest BCUT2D eigenvalue weighted by Gasteiger charge is 2.26. The lowest BCUT2D eigenvalue weighted by atomic mass is 10.1. The van der Waals surface area contributed by atoms with E-state index in [4.69, 9.17) is 11.6 Å². The molecule has 0 unspecified atom stereocenters. The Kier molecular flexibility index (Phi) is 4.88. The third kappa shape index (κ3) is 3.88. The third-order valence-electron chi connectivity index (χ3n) is 4.54. The molecule has 8 heteroatoms. The molecule has 1 aromatic heterocycles. The number of carbonyl (C=O) groups is 1. The van der Waals surface area contributed by atoms with Gasteiger partial charge in [-0.1, -0.05) is 11.6 Å². The molecular weight excluding hydrogens is 362 g/mol. The molecule has 2 aromatic rings. The van der Waals surface area contributed by atoms with Crippen LogP contribution in [0.15, 0.2) is 24.3 Å². The normalized spacial score (nSPS) is 16.8. The number of benzene rings is 1. The molecule has 0 spiro atoms. The lowest BCUT2D eigenvalue weighted by Crippen LogP contribution is -2.44. The molecule has 1 fully saturated rings. The van der Waals surface area contributed by atoms with E-state index in [1.54, 1.807) is 21.7 Å². The van der Waals surface area contributed by atoms with Crippen LogP contribution in [0.5, 0.6) is 0 Å². The smallest absolute Gasteiger partial charge is 0.227 e. The van der Waals surface area contributed by atoms with E-state index in [1.807, 2.05) is 26.0 Å². The van der Waals surface area contributed by atoms with Crippen molar-refractivity contribution in [3.63, 3.8) is 0 Å². The quantitative estimate of drug-likeness (QED) is 0.814. The highest BCUT2D eigenvalue weighted by molar-refractivity contribution is 7.91. The molecule has 134 valence electrons. The number of carbonyl (C=O) groups excluding carboxylic acids is 1. The predicted molar refractivity (Wildman–Crippen MR) is 97.0 cm³/mol. The summed E-state index contributed by atoms with van der Waals surface area (Å²) in [6.07, 6.45) is 0.227. The van der Waals surface area contributed by atoms with Crippen molar-refractivity contribution < 1.29 is 13.2 Å². The average molecular weight is 382 g/mol. The van der Waals surface area contributed by atoms with Crippen molar-refractivity contribution in [1.82, 2.24) is 14.7 Å². The Balaban J connectivity index is 1.79. The van der Waals surface area contributed by atoms with Crippen LogP contribution < -0.4 is 0 Å². The van der Waals surface area contributed by atoms with Gasteiger partial charge in [0.1, 0.15) is 0 Å². The minimum absolute atomic E-state index is 0.0424. The monoisotopic (exact) mass is 381 g/mol. The second kappa shape index (κ2) is 6.80. The van der Waals surface area contributed by atoms with Crippen molar-refractivity contribution in [2.45, 2.75) is 20.3 Å². The fourth-order valence-electron chi connectivity index (χ4n) is 2.99. The van der Waals surface area contributed by atoms with Crippen molar-refractivity contribution in [1.29, 1.82) is 0 Å². The van der Waals surface area contributed by atoms with Crippen molar-refractivity contribution >= 4 is 27.3 Å². The largest absolute Gasteiger partial charge is 0.340 e. The Bertz CT molecular complexity index is 890. The van der Waals surface area contributed by atoms with Crippen molar-refractivity contribution in [2.24, 2.45) is 0 Å². The van der Waals surface area contributed by atoms with Gasteiger partial charge >= 0.3 is 0 Å². The number of halogens is 1. The highest BCUT2D eigenvalue weighted by Crippen LogP contribution is 2.21. The molecule has 0 N–H and O–H groups in total. The maximum atomic E-state index is 12.6. The van der Waals surface area contributed by atoms with Crippen LogP contribution >= 0.6 is 11.6 Å². The number of sulfone groups is 1. The van der Waals surface area contributed by atoms with Gasteiger partial charge in [0.15, 0.2) is 9.84 Å². The van der Waals surface area contributed by atoms with Gasteiger partial charge in [-0.2, -0.15) is 5.10 Å². The summed E-state index contributed by atoms with van der Waals surface area (Å²) in [4.78, 5) is 14.2. The van der Waals surface area contributed by atoms with Crippen LogP contribution in [0, 0.1) is 13.8 Å². The zero-order chi connectivity index (χ0) is 18.2. The minimum atomic E-state index is -2.99. The molecule has 6 nitrogen and oxygen atoms in total. The lowest BCUT2D eigenvalue weighted by molar-refractivity contribution is -0.130. The summed E-state index contributed by atoms with van der Waals surface area (Å²) in [6, 6.07) is 7.35. The topological polar surface area (TPSA) is 72.3 Å². The van der Waals surface area contributed by atoms with Gasteiger partial charge in [0, 0.05) is 29.4 Å². The Hall–Kier alpha value is -1.86. The van der Waals surface area contributed by atoms with E-state index >= 15 is 0 Å². The van der Waals surface area contributed by atoms with Crippen LogP contribution in [0.1, 0.15) is 17.0 Å². The van der Waals surface area contributed by atoms with Gasteiger partial charge in [0.25, 0.3) is 0 Å². The van der Waals surface area contributed by atoms with Crippen LogP contribution in [0.4, 0.5) is 0 Å². The standard InChI is InChI=1S/C17H20ClN3O3S/c1-12-16(11-17(22)20-7-9-25(23,24)10-8-20)13(2)21(19-12)15-5-3-14(18)4-6-15/h3-6H,7-11H2,1-2H3. The number of hydrogen-bond acceptors (Lipinski definition) is 4. The fourth-order valence-corrected chi connectivity index (χ4v) is 4.32. The molecule has 0 radical (unpaired) electrons. The molecule has 0 atom stereocenters. The summed E-state index contributed by atoms with van der Waals surface area (Å²) < 4.78 is 24.8. The predicted octanol–water partition coefficient (Wildman–Crippen LogP) is 1.94. The second-order valence-corrected chi connectivity index (χ2v) is 8.99. The van der Waals surface area contributed by atoms with Crippen LogP contribution in [0.3, 0.4) is 0 Å². The number of aromatic nitrogens is 2. The molecule has 1 aliphatic heterocycles. The number of rotatable bonds is 3. The first-order chi connectivity index (χ1) is 11.8. The van der Waals surface area contributed by atoms with E-state index in [0.29, 0.717) is 5.02 Å². The van der Waals surface area contributed by atoms with Crippen LogP contribution in [-0.2, 0) is 21.1 Å². The minimum Gasteiger partial charge on any atom is -0.340 e. The molecule has 0 aliphatic carbocycles. The van der Waals surface area contributed by atoms with E-state index in [0.717, 1.165) is 22.6 Å². The number of nitrogens with zero attached hydrogens (tertiary/aromatic N) is 3. The SMILES string of the molecule is Cc1nn(-c2ccc(Cl)cc2)c(C)c1CC(=O)N1CCS(=O)(=O)CC1. The van der Waals surface area contributed by atoms with Gasteiger partial charge < -0.3 is 4.90 Å². The second-order valence-electron chi connectivity index (χ2n) is 6.25. The number of hydrogen-bond donors (Lipinski definition) is 0. The molecule has 1 saturated heterocycles. The summed E-state index contributed by atoms with van der Waals surface area (Å²) in [5, 5.41) is 5.19. The molecule has 2 heterocycles. The fraction of sp³-hybridized carbons (Fsp3) is 0.412. The first kappa shape index (κ1) is 17.9. The average Bonchev–Trinajstić information content (AvgIpc) is 2.83. The Morgan fingerprint density at radius 1 is 1.16 bits per heavy atom. The van der Waals surface area contributed by atoms with Gasteiger partial charge in [-0.25, -0.2) is 13.1 Å². The van der Waals surface area contributed by atoms with Crippen LogP contribution in [0.25, 0.3) is 5.69 Å². The van der Waals surface area contributed by atoms with E-state index < -0.39 is 9.84 Å². The molecule has 25 heavy (non-hydrogen) atoms. The first-order valence-corrected chi connectivity index (χ1v) is 10.3. The first-order valence-electron chi connectivity index (χ1n) is 8.06. The Morgan fingerprint density at radius 3 is 2.36 bits per heavy atom. The molecular formula is C17H20ClN3O3S. The summed E-state index contributed by atoms with van der Waals surface area (Å²) in [5.41, 5.74) is 3.46. The van der Waals surface area contributed by atoms with E-state index in [1.165, 1.54) is 0 Å². The summed E-state index contributed by atoms with van der Waals surface area (Å²) in [6.45, 7) is 4.34. The van der Waals surface area contributed by atoms with Crippen molar-refractivity contribution in [3.05, 3.63) is 46.2 Å². The van der Waals surface area contributed by atoms with Crippen molar-refractivity contribution in [2.75, 3.05) is 24.6 Å². The zero-order valence-electron chi connectivity index (χ0n) is 14.2. The Morgan fingerprint density at radius 2 is 1.76 bits per heavy atom. The highest BCUT2D eigenvalue weighted by atomic mass is 35.5. The van der Waals surface area contributed by atoms with Gasteiger partial charge in [-0.3, -0.25) is 4.79 Å². The maximum Gasteiger partial charge on any atom is 0.227 e.